The third-order valence-corrected chi connectivity index (χ3v) is 2.22. The van der Waals surface area contributed by atoms with E-state index in [1.165, 1.54) is 11.1 Å². The van der Waals surface area contributed by atoms with Gasteiger partial charge in [-0.15, -0.1) is 0 Å². The van der Waals surface area contributed by atoms with Crippen LogP contribution in [0.4, 0.5) is 0 Å². The molecule has 0 aliphatic carbocycles. The fourth-order valence-electron chi connectivity index (χ4n) is 1.26. The smallest absolute Gasteiger partial charge is 0.0434 e. The molecule has 2 aromatic heterocycles. The molecule has 0 unspecified atom stereocenters. The van der Waals surface area contributed by atoms with Gasteiger partial charge in [0.2, 0.25) is 0 Å². The van der Waals surface area contributed by atoms with E-state index in [4.69, 9.17) is 5.11 Å². The van der Waals surface area contributed by atoms with Crippen LogP contribution in [0.1, 0.15) is 17.5 Å². The molecule has 2 heterocycles. The lowest BCUT2D eigenvalue weighted by Gasteiger charge is -1.95. The number of hydrogen-bond donors (Lipinski definition) is 1. The first kappa shape index (κ1) is 13.3. The van der Waals surface area contributed by atoms with E-state index in [0.29, 0.717) is 0 Å². The van der Waals surface area contributed by atoms with Crippen molar-refractivity contribution in [3.8, 4) is 0 Å². The molecule has 0 aromatic carbocycles. The highest BCUT2D eigenvalue weighted by Crippen LogP contribution is 1.99. The third-order valence-electron chi connectivity index (χ3n) is 2.22. The zero-order chi connectivity index (χ0) is 12.3. The van der Waals surface area contributed by atoms with Crippen LogP contribution >= 0.6 is 0 Å². The molecule has 3 heteroatoms. The number of aliphatic hydroxyl groups is 1. The number of pyridine rings is 2. The molecule has 2 rings (SSSR count). The molecule has 0 bridgehead atoms. The van der Waals surface area contributed by atoms with Crippen molar-refractivity contribution in [1.29, 1.82) is 0 Å². The second-order valence-corrected chi connectivity index (χ2v) is 3.71. The van der Waals surface area contributed by atoms with E-state index in [0.717, 1.165) is 12.8 Å². The summed E-state index contributed by atoms with van der Waals surface area (Å²) in [5, 5.41) is 8.51. The summed E-state index contributed by atoms with van der Waals surface area (Å²) in [4.78, 5) is 7.74. The van der Waals surface area contributed by atoms with Gasteiger partial charge in [0.1, 0.15) is 0 Å². The molecule has 0 saturated carbocycles. The molecule has 2 aromatic rings. The Morgan fingerprint density at radius 2 is 1.47 bits per heavy atom. The van der Waals surface area contributed by atoms with E-state index in [9.17, 15) is 0 Å². The minimum atomic E-state index is 0.266. The van der Waals surface area contributed by atoms with Crippen molar-refractivity contribution in [2.45, 2.75) is 19.8 Å². The standard InChI is InChI=1S/C8H11NO.C6H7N/c10-7-1-2-8-3-5-9-6-4-8;1-6-2-4-7-5-3-6/h3-6,10H,1-2,7H2;2-5H,1H3. The molecule has 0 saturated heterocycles. The summed E-state index contributed by atoms with van der Waals surface area (Å²) in [6.07, 6.45) is 8.90. The van der Waals surface area contributed by atoms with Crippen molar-refractivity contribution < 1.29 is 5.11 Å². The fourth-order valence-corrected chi connectivity index (χ4v) is 1.26. The zero-order valence-corrected chi connectivity index (χ0v) is 10.1. The summed E-state index contributed by atoms with van der Waals surface area (Å²) in [5.74, 6) is 0. The van der Waals surface area contributed by atoms with Crippen LogP contribution in [0.2, 0.25) is 0 Å². The van der Waals surface area contributed by atoms with E-state index in [1.54, 1.807) is 24.8 Å². The molecule has 17 heavy (non-hydrogen) atoms. The number of aryl methyl sites for hydroxylation is 2. The van der Waals surface area contributed by atoms with Crippen LogP contribution in [0.25, 0.3) is 0 Å². The van der Waals surface area contributed by atoms with Crippen molar-refractivity contribution in [3.63, 3.8) is 0 Å². The number of nitrogens with zero attached hydrogens (tertiary/aromatic N) is 2. The van der Waals surface area contributed by atoms with E-state index >= 15 is 0 Å². The van der Waals surface area contributed by atoms with Gasteiger partial charge in [-0.05, 0) is 55.2 Å². The molecule has 1 N–H and O–H groups in total. The van der Waals surface area contributed by atoms with Gasteiger partial charge < -0.3 is 5.11 Å². The maximum atomic E-state index is 8.51. The minimum absolute atomic E-state index is 0.266. The van der Waals surface area contributed by atoms with Gasteiger partial charge >= 0.3 is 0 Å². The van der Waals surface area contributed by atoms with Gasteiger partial charge in [0.25, 0.3) is 0 Å². The Hall–Kier alpha value is -1.74. The number of aromatic nitrogens is 2. The summed E-state index contributed by atoms with van der Waals surface area (Å²) >= 11 is 0. The molecular formula is C14H18N2O. The van der Waals surface area contributed by atoms with Crippen LogP contribution in [0.15, 0.2) is 49.1 Å². The summed E-state index contributed by atoms with van der Waals surface area (Å²) in [6.45, 7) is 2.31. The van der Waals surface area contributed by atoms with Gasteiger partial charge in [-0.2, -0.15) is 0 Å². The van der Waals surface area contributed by atoms with Crippen molar-refractivity contribution in [2.24, 2.45) is 0 Å². The van der Waals surface area contributed by atoms with Crippen LogP contribution in [-0.2, 0) is 6.42 Å². The first-order chi connectivity index (χ1) is 8.33. The molecule has 0 aliphatic rings. The number of rotatable bonds is 3. The Balaban J connectivity index is 0.000000181. The lowest BCUT2D eigenvalue weighted by Crippen LogP contribution is -1.88. The van der Waals surface area contributed by atoms with Crippen LogP contribution in [0.5, 0.6) is 0 Å². The van der Waals surface area contributed by atoms with Crippen LogP contribution in [0, 0.1) is 6.92 Å². The van der Waals surface area contributed by atoms with E-state index in [2.05, 4.69) is 9.97 Å². The Labute approximate surface area is 102 Å². The van der Waals surface area contributed by atoms with Crippen molar-refractivity contribution in [1.82, 2.24) is 9.97 Å². The maximum Gasteiger partial charge on any atom is 0.0434 e. The first-order valence-corrected chi connectivity index (χ1v) is 5.69. The van der Waals surface area contributed by atoms with E-state index in [-0.39, 0.29) is 6.61 Å². The molecule has 0 aliphatic heterocycles. The highest BCUT2D eigenvalue weighted by molar-refractivity contribution is 5.09. The molecule has 0 fully saturated rings. The summed E-state index contributed by atoms with van der Waals surface area (Å²) in [6, 6.07) is 7.88. The minimum Gasteiger partial charge on any atom is -0.396 e. The average molecular weight is 230 g/mol. The van der Waals surface area contributed by atoms with Gasteiger partial charge in [-0.3, -0.25) is 9.97 Å². The SMILES string of the molecule is Cc1ccncc1.OCCCc1ccncc1. The molecular weight excluding hydrogens is 212 g/mol. The highest BCUT2D eigenvalue weighted by Gasteiger charge is 1.88. The predicted octanol–water partition coefficient (Wildman–Crippen LogP) is 2.40. The monoisotopic (exact) mass is 230 g/mol. The average Bonchev–Trinajstić information content (AvgIpc) is 2.39. The van der Waals surface area contributed by atoms with E-state index in [1.807, 2.05) is 31.2 Å². The van der Waals surface area contributed by atoms with Gasteiger partial charge in [-0.1, -0.05) is 0 Å². The second kappa shape index (κ2) is 8.42. The van der Waals surface area contributed by atoms with Gasteiger partial charge in [0.05, 0.1) is 0 Å². The quantitative estimate of drug-likeness (QED) is 0.880. The molecule has 0 radical (unpaired) electrons. The third kappa shape index (κ3) is 6.43. The first-order valence-electron chi connectivity index (χ1n) is 5.69. The van der Waals surface area contributed by atoms with Gasteiger partial charge in [-0.25, -0.2) is 0 Å². The topological polar surface area (TPSA) is 46.0 Å². The fraction of sp³-hybridized carbons (Fsp3) is 0.286. The predicted molar refractivity (Wildman–Crippen MR) is 68.6 cm³/mol. The van der Waals surface area contributed by atoms with Crippen molar-refractivity contribution in [2.75, 3.05) is 6.61 Å². The molecule has 0 amide bonds. The summed E-state index contributed by atoms with van der Waals surface area (Å²) in [7, 11) is 0. The molecule has 0 atom stereocenters. The Morgan fingerprint density at radius 3 is 1.88 bits per heavy atom. The van der Waals surface area contributed by atoms with Crippen LogP contribution in [-0.4, -0.2) is 21.7 Å². The van der Waals surface area contributed by atoms with Gasteiger partial charge in [0.15, 0.2) is 0 Å². The lowest BCUT2D eigenvalue weighted by atomic mass is 10.1. The normalized spacial score (nSPS) is 9.29. The summed E-state index contributed by atoms with van der Waals surface area (Å²) in [5.41, 5.74) is 2.50. The highest BCUT2D eigenvalue weighted by atomic mass is 16.2. The molecule has 90 valence electrons. The zero-order valence-electron chi connectivity index (χ0n) is 10.1. The Kier molecular flexibility index (Phi) is 6.60. The second-order valence-electron chi connectivity index (χ2n) is 3.71. The van der Waals surface area contributed by atoms with Crippen molar-refractivity contribution >= 4 is 0 Å². The van der Waals surface area contributed by atoms with Gasteiger partial charge in [0, 0.05) is 31.4 Å². The van der Waals surface area contributed by atoms with E-state index < -0.39 is 0 Å². The largest absolute Gasteiger partial charge is 0.396 e. The Morgan fingerprint density at radius 1 is 0.941 bits per heavy atom. The number of aliphatic hydroxyl groups excluding tert-OH is 1. The van der Waals surface area contributed by atoms with Crippen molar-refractivity contribution in [3.05, 3.63) is 60.2 Å². The van der Waals surface area contributed by atoms with Crippen LogP contribution in [0.3, 0.4) is 0 Å². The molecule has 0 spiro atoms. The van der Waals surface area contributed by atoms with Crippen LogP contribution < -0.4 is 0 Å². The summed E-state index contributed by atoms with van der Waals surface area (Å²) < 4.78 is 0. The lowest BCUT2D eigenvalue weighted by molar-refractivity contribution is 0.288. The maximum absolute atomic E-state index is 8.51. The molecule has 3 nitrogen and oxygen atoms in total. The Bertz CT molecular complexity index is 389. The number of hydrogen-bond acceptors (Lipinski definition) is 3.